The SMILES string of the molecule is Cc1ccc(Br)cc1C(=O)CC(=O)C1CC1. The number of Topliss-reactive ketones (excluding diaryl/α,β-unsaturated/α-hetero) is 2. The second kappa shape index (κ2) is 4.50. The first kappa shape index (κ1) is 11.5. The zero-order chi connectivity index (χ0) is 11.7. The van der Waals surface area contributed by atoms with Crippen LogP contribution in [-0.4, -0.2) is 11.6 Å². The Labute approximate surface area is 103 Å². The number of carbonyl (C=O) groups is 2. The Morgan fingerprint density at radius 3 is 2.69 bits per heavy atom. The Kier molecular flexibility index (Phi) is 3.24. The molecule has 16 heavy (non-hydrogen) atoms. The molecule has 3 heteroatoms. The van der Waals surface area contributed by atoms with Crippen LogP contribution in [0.2, 0.25) is 0 Å². The van der Waals surface area contributed by atoms with E-state index in [0.29, 0.717) is 5.56 Å². The number of carbonyl (C=O) groups excluding carboxylic acids is 2. The Morgan fingerprint density at radius 1 is 1.38 bits per heavy atom. The first-order valence-electron chi connectivity index (χ1n) is 5.40. The fraction of sp³-hybridized carbons (Fsp3) is 0.385. The Morgan fingerprint density at radius 2 is 2.06 bits per heavy atom. The molecule has 0 radical (unpaired) electrons. The molecule has 0 aliphatic heterocycles. The summed E-state index contributed by atoms with van der Waals surface area (Å²) in [5, 5.41) is 0. The Balaban J connectivity index is 2.13. The van der Waals surface area contributed by atoms with Crippen LogP contribution in [0.4, 0.5) is 0 Å². The van der Waals surface area contributed by atoms with Crippen molar-refractivity contribution < 1.29 is 9.59 Å². The molecule has 0 heterocycles. The number of rotatable bonds is 4. The lowest BCUT2D eigenvalue weighted by Crippen LogP contribution is -2.10. The smallest absolute Gasteiger partial charge is 0.170 e. The zero-order valence-corrected chi connectivity index (χ0v) is 10.7. The lowest BCUT2D eigenvalue weighted by molar-refractivity contribution is -0.119. The molecule has 84 valence electrons. The normalized spacial score (nSPS) is 14.9. The van der Waals surface area contributed by atoms with E-state index in [4.69, 9.17) is 0 Å². The molecule has 0 aromatic heterocycles. The summed E-state index contributed by atoms with van der Waals surface area (Å²) >= 11 is 3.33. The molecular formula is C13H13BrO2. The molecule has 0 atom stereocenters. The van der Waals surface area contributed by atoms with Crippen molar-refractivity contribution in [3.05, 3.63) is 33.8 Å². The number of aryl methyl sites for hydroxylation is 1. The molecule has 1 aromatic rings. The van der Waals surface area contributed by atoms with Gasteiger partial charge in [0, 0.05) is 16.0 Å². The van der Waals surface area contributed by atoms with Crippen LogP contribution in [0.5, 0.6) is 0 Å². The average molecular weight is 281 g/mol. The van der Waals surface area contributed by atoms with Crippen LogP contribution in [-0.2, 0) is 4.79 Å². The molecule has 2 nitrogen and oxygen atoms in total. The van der Waals surface area contributed by atoms with E-state index in [1.54, 1.807) is 6.07 Å². The van der Waals surface area contributed by atoms with E-state index in [9.17, 15) is 9.59 Å². The van der Waals surface area contributed by atoms with Crippen molar-refractivity contribution in [2.45, 2.75) is 26.2 Å². The van der Waals surface area contributed by atoms with Gasteiger partial charge in [-0.15, -0.1) is 0 Å². The molecule has 1 fully saturated rings. The minimum Gasteiger partial charge on any atom is -0.299 e. The van der Waals surface area contributed by atoms with Gasteiger partial charge in [0.05, 0.1) is 6.42 Å². The van der Waals surface area contributed by atoms with Crippen molar-refractivity contribution in [3.8, 4) is 0 Å². The molecule has 2 rings (SSSR count). The van der Waals surface area contributed by atoms with Crippen molar-refractivity contribution >= 4 is 27.5 Å². The standard InChI is InChI=1S/C13H13BrO2/c1-8-2-5-10(14)6-11(8)13(16)7-12(15)9-3-4-9/h2,5-6,9H,3-4,7H2,1H3. The third-order valence-electron chi connectivity index (χ3n) is 2.87. The van der Waals surface area contributed by atoms with Crippen LogP contribution >= 0.6 is 15.9 Å². The van der Waals surface area contributed by atoms with Gasteiger partial charge in [0.2, 0.25) is 0 Å². The predicted octanol–water partition coefficient (Wildman–Crippen LogP) is 3.31. The summed E-state index contributed by atoms with van der Waals surface area (Å²) in [7, 11) is 0. The van der Waals surface area contributed by atoms with Gasteiger partial charge in [-0.3, -0.25) is 9.59 Å². The highest BCUT2D eigenvalue weighted by atomic mass is 79.9. The van der Waals surface area contributed by atoms with Crippen molar-refractivity contribution in [2.75, 3.05) is 0 Å². The minimum atomic E-state index is -0.0595. The summed E-state index contributed by atoms with van der Waals surface area (Å²) in [6.45, 7) is 1.89. The number of hydrogen-bond acceptors (Lipinski definition) is 2. The van der Waals surface area contributed by atoms with Gasteiger partial charge < -0.3 is 0 Å². The minimum absolute atomic E-state index is 0.0575. The highest BCUT2D eigenvalue weighted by molar-refractivity contribution is 9.10. The first-order chi connectivity index (χ1) is 7.58. The van der Waals surface area contributed by atoms with Crippen LogP contribution in [0.15, 0.2) is 22.7 Å². The number of benzene rings is 1. The molecule has 1 aliphatic carbocycles. The summed E-state index contributed by atoms with van der Waals surface area (Å²) in [6, 6.07) is 5.57. The summed E-state index contributed by atoms with van der Waals surface area (Å²) in [5.41, 5.74) is 1.58. The van der Waals surface area contributed by atoms with E-state index < -0.39 is 0 Å². The number of ketones is 2. The molecule has 0 spiro atoms. The van der Waals surface area contributed by atoms with Crippen LogP contribution in [0, 0.1) is 12.8 Å². The van der Waals surface area contributed by atoms with Crippen LogP contribution in [0.1, 0.15) is 35.2 Å². The van der Waals surface area contributed by atoms with Crippen LogP contribution in [0.25, 0.3) is 0 Å². The van der Waals surface area contributed by atoms with Crippen LogP contribution in [0.3, 0.4) is 0 Å². The molecule has 0 N–H and O–H groups in total. The van der Waals surface area contributed by atoms with E-state index in [1.165, 1.54) is 0 Å². The van der Waals surface area contributed by atoms with Gasteiger partial charge in [0.1, 0.15) is 5.78 Å². The second-order valence-electron chi connectivity index (χ2n) is 4.30. The third-order valence-corrected chi connectivity index (χ3v) is 3.36. The third kappa shape index (κ3) is 2.59. The van der Waals surface area contributed by atoms with Gasteiger partial charge in [0.25, 0.3) is 0 Å². The van der Waals surface area contributed by atoms with E-state index in [-0.39, 0.29) is 23.9 Å². The molecular weight excluding hydrogens is 268 g/mol. The second-order valence-corrected chi connectivity index (χ2v) is 5.22. The maximum Gasteiger partial charge on any atom is 0.170 e. The molecule has 0 unspecified atom stereocenters. The predicted molar refractivity (Wildman–Crippen MR) is 65.6 cm³/mol. The maximum atomic E-state index is 11.9. The monoisotopic (exact) mass is 280 g/mol. The van der Waals surface area contributed by atoms with E-state index in [2.05, 4.69) is 15.9 Å². The summed E-state index contributed by atoms with van der Waals surface area (Å²) in [6.07, 6.45) is 1.98. The molecule has 1 saturated carbocycles. The molecule has 1 aromatic carbocycles. The summed E-state index contributed by atoms with van der Waals surface area (Å²) in [5.74, 6) is 0.205. The molecule has 0 bridgehead atoms. The van der Waals surface area contributed by atoms with Crippen molar-refractivity contribution in [3.63, 3.8) is 0 Å². The Hall–Kier alpha value is -0.960. The van der Waals surface area contributed by atoms with E-state index in [0.717, 1.165) is 22.9 Å². The average Bonchev–Trinajstić information content (AvgIpc) is 3.04. The van der Waals surface area contributed by atoms with Crippen molar-refractivity contribution in [2.24, 2.45) is 5.92 Å². The Bertz CT molecular complexity index is 447. The van der Waals surface area contributed by atoms with Gasteiger partial charge in [-0.2, -0.15) is 0 Å². The topological polar surface area (TPSA) is 34.1 Å². The lowest BCUT2D eigenvalue weighted by Gasteiger charge is -2.04. The van der Waals surface area contributed by atoms with E-state index in [1.807, 2.05) is 19.1 Å². The fourth-order valence-corrected chi connectivity index (χ4v) is 2.06. The zero-order valence-electron chi connectivity index (χ0n) is 9.13. The van der Waals surface area contributed by atoms with Gasteiger partial charge >= 0.3 is 0 Å². The van der Waals surface area contributed by atoms with Crippen molar-refractivity contribution in [1.82, 2.24) is 0 Å². The maximum absolute atomic E-state index is 11.9. The number of halogens is 1. The van der Waals surface area contributed by atoms with Gasteiger partial charge in [-0.1, -0.05) is 22.0 Å². The van der Waals surface area contributed by atoms with E-state index >= 15 is 0 Å². The lowest BCUT2D eigenvalue weighted by atomic mass is 10.00. The largest absolute Gasteiger partial charge is 0.299 e. The summed E-state index contributed by atoms with van der Waals surface area (Å²) < 4.78 is 0.875. The molecule has 0 saturated heterocycles. The van der Waals surface area contributed by atoms with Gasteiger partial charge in [-0.05, 0) is 37.5 Å². The van der Waals surface area contributed by atoms with Crippen molar-refractivity contribution in [1.29, 1.82) is 0 Å². The van der Waals surface area contributed by atoms with Gasteiger partial charge in [-0.25, -0.2) is 0 Å². The molecule has 1 aliphatic rings. The molecule has 0 amide bonds. The quantitative estimate of drug-likeness (QED) is 0.626. The fourth-order valence-electron chi connectivity index (χ4n) is 1.70. The number of hydrogen-bond donors (Lipinski definition) is 0. The summed E-state index contributed by atoms with van der Waals surface area (Å²) in [4.78, 5) is 23.5. The highest BCUT2D eigenvalue weighted by Crippen LogP contribution is 2.31. The van der Waals surface area contributed by atoms with Crippen LogP contribution < -0.4 is 0 Å². The van der Waals surface area contributed by atoms with Gasteiger partial charge in [0.15, 0.2) is 5.78 Å². The highest BCUT2D eigenvalue weighted by Gasteiger charge is 2.30. The first-order valence-corrected chi connectivity index (χ1v) is 6.19.